The average molecular weight is 354 g/mol. The summed E-state index contributed by atoms with van der Waals surface area (Å²) in [4.78, 5) is 20.8. The molecule has 2 rings (SSSR count). The molecule has 2 aromatic carbocycles. The van der Waals surface area contributed by atoms with Crippen LogP contribution in [0.5, 0.6) is 23.0 Å². The summed E-state index contributed by atoms with van der Waals surface area (Å²) in [7, 11) is 0. The molecule has 0 unspecified atom stereocenters. The number of benzene rings is 2. The van der Waals surface area contributed by atoms with Crippen molar-refractivity contribution in [3.63, 3.8) is 0 Å². The maximum Gasteiger partial charge on any atom is 0.335 e. The fourth-order valence-electron chi connectivity index (χ4n) is 1.61. The van der Waals surface area contributed by atoms with Crippen molar-refractivity contribution < 1.29 is 45.7 Å². The van der Waals surface area contributed by atoms with Gasteiger partial charge in [-0.3, -0.25) is 0 Å². The Balaban J connectivity index is 0.000000443. The van der Waals surface area contributed by atoms with Gasteiger partial charge in [-0.05, 0) is 38.1 Å². The molecule has 8 N–H and O–H groups in total. The van der Waals surface area contributed by atoms with Gasteiger partial charge in [-0.25, -0.2) is 9.59 Å². The number of hydrogen-bond donors (Lipinski definition) is 6. The molecule has 0 aliphatic heterocycles. The van der Waals surface area contributed by atoms with E-state index >= 15 is 0 Å². The van der Waals surface area contributed by atoms with Crippen molar-refractivity contribution in [2.45, 2.75) is 13.8 Å². The minimum absolute atomic E-state index is 0. The number of phenols is 4. The minimum Gasteiger partial charge on any atom is -0.508 e. The van der Waals surface area contributed by atoms with Crippen LogP contribution >= 0.6 is 0 Å². The van der Waals surface area contributed by atoms with Gasteiger partial charge in [0.25, 0.3) is 0 Å². The third-order valence-electron chi connectivity index (χ3n) is 3.20. The maximum atomic E-state index is 10.4. The van der Waals surface area contributed by atoms with Gasteiger partial charge in [0, 0.05) is 11.1 Å². The molecule has 0 saturated carbocycles. The van der Waals surface area contributed by atoms with Gasteiger partial charge in [0.1, 0.15) is 23.0 Å². The first-order valence-electron chi connectivity index (χ1n) is 6.56. The van der Waals surface area contributed by atoms with Gasteiger partial charge >= 0.3 is 11.9 Å². The summed E-state index contributed by atoms with van der Waals surface area (Å²) in [5, 5.41) is 53.4. The topological polar surface area (TPSA) is 187 Å². The van der Waals surface area contributed by atoms with Gasteiger partial charge in [0.15, 0.2) is 0 Å². The smallest absolute Gasteiger partial charge is 0.335 e. The van der Waals surface area contributed by atoms with Crippen LogP contribution in [0.3, 0.4) is 0 Å². The van der Waals surface area contributed by atoms with Crippen LogP contribution in [0.4, 0.5) is 0 Å². The number of carboxylic acids is 2. The summed E-state index contributed by atoms with van der Waals surface area (Å²) in [5.41, 5.74) is 0.297. The van der Waals surface area contributed by atoms with Crippen LogP contribution < -0.4 is 0 Å². The number of aromatic carboxylic acids is 2. The zero-order valence-corrected chi connectivity index (χ0v) is 13.3. The Hall–Kier alpha value is -3.46. The molecule has 9 nitrogen and oxygen atoms in total. The first-order chi connectivity index (χ1) is 11.0. The van der Waals surface area contributed by atoms with Crippen molar-refractivity contribution in [1.82, 2.24) is 0 Å². The van der Waals surface area contributed by atoms with Crippen molar-refractivity contribution in [3.05, 3.63) is 46.5 Å². The predicted molar refractivity (Wildman–Crippen MR) is 86.5 cm³/mol. The van der Waals surface area contributed by atoms with Gasteiger partial charge in [-0.15, -0.1) is 0 Å². The van der Waals surface area contributed by atoms with E-state index in [1.165, 1.54) is 13.8 Å². The van der Waals surface area contributed by atoms with Crippen molar-refractivity contribution >= 4 is 11.9 Å². The first-order valence-corrected chi connectivity index (χ1v) is 6.56. The highest BCUT2D eigenvalue weighted by molar-refractivity contribution is 5.89. The van der Waals surface area contributed by atoms with E-state index in [0.29, 0.717) is 0 Å². The fourth-order valence-corrected chi connectivity index (χ4v) is 1.61. The van der Waals surface area contributed by atoms with Crippen LogP contribution in [0.15, 0.2) is 24.3 Å². The van der Waals surface area contributed by atoms with Crippen LogP contribution in [-0.2, 0) is 0 Å². The van der Waals surface area contributed by atoms with Crippen molar-refractivity contribution in [2.75, 3.05) is 0 Å². The number of rotatable bonds is 2. The standard InChI is InChI=1S/2C8H8O4.H2O/c2*1-4-6(9)2-5(8(11)12)3-7(4)10;/h2*2-3,9-10H,1H3,(H,11,12);1H2. The third kappa shape index (κ3) is 5.29. The quantitative estimate of drug-likeness (QED) is 0.466. The van der Waals surface area contributed by atoms with E-state index in [4.69, 9.17) is 30.6 Å². The predicted octanol–water partition coefficient (Wildman–Crippen LogP) is 1.38. The molecule has 0 bridgehead atoms. The highest BCUT2D eigenvalue weighted by Gasteiger charge is 2.10. The Morgan fingerprint density at radius 2 is 0.840 bits per heavy atom. The van der Waals surface area contributed by atoms with E-state index in [0.717, 1.165) is 24.3 Å². The van der Waals surface area contributed by atoms with Crippen molar-refractivity contribution in [3.8, 4) is 23.0 Å². The summed E-state index contributed by atoms with van der Waals surface area (Å²) in [5.74, 6) is -3.22. The van der Waals surface area contributed by atoms with Gasteiger partial charge in [0.2, 0.25) is 0 Å². The molecule has 136 valence electrons. The molecule has 0 aromatic heterocycles. The zero-order valence-electron chi connectivity index (χ0n) is 13.3. The molecular formula is C16H18O9. The number of aromatic hydroxyl groups is 4. The molecule has 0 saturated heterocycles. The van der Waals surface area contributed by atoms with E-state index in [2.05, 4.69) is 0 Å². The lowest BCUT2D eigenvalue weighted by molar-refractivity contribution is 0.0685. The minimum atomic E-state index is -1.18. The normalized spacial score (nSPS) is 9.36. The summed E-state index contributed by atoms with van der Waals surface area (Å²) in [6.45, 7) is 2.99. The van der Waals surface area contributed by atoms with E-state index in [-0.39, 0.29) is 50.7 Å². The largest absolute Gasteiger partial charge is 0.508 e. The SMILES string of the molecule is Cc1c(O)cc(C(=O)O)cc1O.Cc1c(O)cc(C(=O)O)cc1O.O. The molecule has 0 amide bonds. The lowest BCUT2D eigenvalue weighted by Gasteiger charge is -2.02. The summed E-state index contributed by atoms with van der Waals surface area (Å²) < 4.78 is 0. The molecular weight excluding hydrogens is 336 g/mol. The number of carboxylic acid groups (broad SMARTS) is 2. The second kappa shape index (κ2) is 8.41. The summed E-state index contributed by atoms with van der Waals surface area (Å²) in [6, 6.07) is 4.38. The molecule has 0 atom stereocenters. The zero-order chi connectivity index (χ0) is 18.6. The molecule has 0 fully saturated rings. The van der Waals surface area contributed by atoms with Gasteiger partial charge in [0.05, 0.1) is 11.1 Å². The molecule has 0 heterocycles. The van der Waals surface area contributed by atoms with E-state index in [9.17, 15) is 9.59 Å². The van der Waals surface area contributed by atoms with Crippen LogP contribution in [-0.4, -0.2) is 48.1 Å². The molecule has 0 radical (unpaired) electrons. The Morgan fingerprint density at radius 3 is 1.00 bits per heavy atom. The average Bonchev–Trinajstić information content (AvgIpc) is 2.49. The highest BCUT2D eigenvalue weighted by atomic mass is 16.4. The molecule has 0 spiro atoms. The van der Waals surface area contributed by atoms with Crippen LogP contribution in [0, 0.1) is 13.8 Å². The summed E-state index contributed by atoms with van der Waals surface area (Å²) in [6.07, 6.45) is 0. The number of phenolic OH excluding ortho intramolecular Hbond substituents is 4. The third-order valence-corrected chi connectivity index (χ3v) is 3.20. The van der Waals surface area contributed by atoms with Gasteiger partial charge in [-0.1, -0.05) is 0 Å². The van der Waals surface area contributed by atoms with Gasteiger partial charge in [-0.2, -0.15) is 0 Å². The Morgan fingerprint density at radius 1 is 0.640 bits per heavy atom. The second-order valence-corrected chi connectivity index (χ2v) is 4.89. The van der Waals surface area contributed by atoms with E-state index < -0.39 is 11.9 Å². The summed E-state index contributed by atoms with van der Waals surface area (Å²) >= 11 is 0. The number of carbonyl (C=O) groups is 2. The molecule has 9 heteroatoms. The molecule has 0 aliphatic carbocycles. The Kier molecular flexibility index (Phi) is 7.24. The lowest BCUT2D eigenvalue weighted by atomic mass is 10.1. The highest BCUT2D eigenvalue weighted by Crippen LogP contribution is 2.28. The lowest BCUT2D eigenvalue weighted by Crippen LogP contribution is -1.95. The molecule has 0 aliphatic rings. The Bertz CT molecular complexity index is 683. The van der Waals surface area contributed by atoms with Crippen LogP contribution in [0.25, 0.3) is 0 Å². The first kappa shape index (κ1) is 21.5. The monoisotopic (exact) mass is 354 g/mol. The van der Waals surface area contributed by atoms with E-state index in [1.54, 1.807) is 0 Å². The van der Waals surface area contributed by atoms with Crippen molar-refractivity contribution in [1.29, 1.82) is 0 Å². The maximum absolute atomic E-state index is 10.4. The fraction of sp³-hybridized carbons (Fsp3) is 0.125. The molecule has 2 aromatic rings. The van der Waals surface area contributed by atoms with Gasteiger partial charge < -0.3 is 36.1 Å². The van der Waals surface area contributed by atoms with E-state index in [1.807, 2.05) is 0 Å². The molecule has 25 heavy (non-hydrogen) atoms. The number of hydrogen-bond acceptors (Lipinski definition) is 6. The van der Waals surface area contributed by atoms with Crippen molar-refractivity contribution in [2.24, 2.45) is 0 Å². The van der Waals surface area contributed by atoms with Crippen LogP contribution in [0.1, 0.15) is 31.8 Å². The second-order valence-electron chi connectivity index (χ2n) is 4.89. The Labute approximate surface area is 142 Å². The van der Waals surface area contributed by atoms with Crippen LogP contribution in [0.2, 0.25) is 0 Å².